The first-order valence-corrected chi connectivity index (χ1v) is 11.2. The molecule has 0 atom stereocenters. The molecule has 5 aromatic rings. The van der Waals surface area contributed by atoms with Gasteiger partial charge in [0.05, 0.1) is 17.5 Å². The molecule has 0 aliphatic heterocycles. The maximum absolute atomic E-state index is 9.71. The summed E-state index contributed by atoms with van der Waals surface area (Å²) in [4.78, 5) is 10.8. The number of aliphatic hydroxyl groups is 1. The van der Waals surface area contributed by atoms with Gasteiger partial charge in [-0.25, -0.2) is 9.97 Å². The van der Waals surface area contributed by atoms with Crippen LogP contribution in [0, 0.1) is 6.92 Å². The molecule has 7 heteroatoms. The Hall–Kier alpha value is -3.13. The second-order valence-corrected chi connectivity index (χ2v) is 9.33. The minimum atomic E-state index is -0.435. The van der Waals surface area contributed by atoms with Crippen LogP contribution in [0.1, 0.15) is 24.1 Å². The molecule has 0 saturated heterocycles. The van der Waals surface area contributed by atoms with Crippen LogP contribution in [-0.2, 0) is 5.54 Å². The summed E-state index contributed by atoms with van der Waals surface area (Å²) in [6, 6.07) is 16.5. The summed E-state index contributed by atoms with van der Waals surface area (Å²) in [5, 5.41) is 17.3. The molecule has 1 aliphatic carbocycles. The summed E-state index contributed by atoms with van der Waals surface area (Å²) < 4.78 is 1.81. The van der Waals surface area contributed by atoms with Gasteiger partial charge in [0.2, 0.25) is 0 Å². The summed E-state index contributed by atoms with van der Waals surface area (Å²) in [5.41, 5.74) is 12.6. The fourth-order valence-corrected chi connectivity index (χ4v) is 5.21. The minimum absolute atomic E-state index is 0.300. The van der Waals surface area contributed by atoms with Crippen LogP contribution in [-0.4, -0.2) is 30.8 Å². The van der Waals surface area contributed by atoms with Crippen molar-refractivity contribution in [2.24, 2.45) is 5.73 Å². The van der Waals surface area contributed by atoms with Gasteiger partial charge in [-0.05, 0) is 42.8 Å². The molecule has 1 aliphatic rings. The number of fused-ring (bicyclic) bond motifs is 3. The van der Waals surface area contributed by atoms with Gasteiger partial charge in [-0.2, -0.15) is 9.61 Å². The van der Waals surface area contributed by atoms with Gasteiger partial charge in [0.25, 0.3) is 0 Å². The highest BCUT2D eigenvalue weighted by atomic mass is 32.1. The number of aryl methyl sites for hydroxylation is 1. The molecule has 154 valence electrons. The van der Waals surface area contributed by atoms with Crippen molar-refractivity contribution in [1.29, 1.82) is 0 Å². The molecular weight excluding hydrogens is 406 g/mol. The summed E-state index contributed by atoms with van der Waals surface area (Å²) >= 11 is 1.69. The Morgan fingerprint density at radius 1 is 1.16 bits per heavy atom. The Bertz CT molecular complexity index is 1420. The van der Waals surface area contributed by atoms with Crippen LogP contribution in [0.5, 0.6) is 0 Å². The molecule has 6 rings (SSSR count). The van der Waals surface area contributed by atoms with E-state index in [4.69, 9.17) is 10.7 Å². The lowest BCUT2D eigenvalue weighted by Gasteiger charge is -2.42. The van der Waals surface area contributed by atoms with Crippen LogP contribution >= 0.6 is 11.3 Å². The molecule has 6 nitrogen and oxygen atoms in total. The first-order valence-electron chi connectivity index (χ1n) is 10.3. The first kappa shape index (κ1) is 18.6. The van der Waals surface area contributed by atoms with E-state index in [9.17, 15) is 5.11 Å². The molecule has 0 spiro atoms. The summed E-state index contributed by atoms with van der Waals surface area (Å²) in [7, 11) is 0. The number of aliphatic hydroxyl groups excluding tert-OH is 1. The van der Waals surface area contributed by atoms with E-state index in [-0.39, 0.29) is 6.10 Å². The number of thiophene rings is 1. The zero-order chi connectivity index (χ0) is 21.2. The summed E-state index contributed by atoms with van der Waals surface area (Å²) in [5.74, 6) is 0. The highest BCUT2D eigenvalue weighted by molar-refractivity contribution is 7.13. The van der Waals surface area contributed by atoms with E-state index in [1.165, 1.54) is 0 Å². The van der Waals surface area contributed by atoms with E-state index in [0.29, 0.717) is 12.8 Å². The van der Waals surface area contributed by atoms with Gasteiger partial charge >= 0.3 is 0 Å². The summed E-state index contributed by atoms with van der Waals surface area (Å²) in [6.45, 7) is 1.96. The molecule has 1 saturated carbocycles. The third kappa shape index (κ3) is 2.96. The van der Waals surface area contributed by atoms with Gasteiger partial charge in [0.1, 0.15) is 0 Å². The van der Waals surface area contributed by atoms with Crippen molar-refractivity contribution >= 4 is 28.0 Å². The second-order valence-electron chi connectivity index (χ2n) is 8.38. The van der Waals surface area contributed by atoms with Gasteiger partial charge in [-0.3, -0.25) is 0 Å². The third-order valence-corrected chi connectivity index (χ3v) is 7.00. The van der Waals surface area contributed by atoms with Gasteiger partial charge in [0, 0.05) is 39.2 Å². The van der Waals surface area contributed by atoms with Crippen LogP contribution in [0.25, 0.3) is 38.4 Å². The van der Waals surface area contributed by atoms with Crippen molar-refractivity contribution in [2.45, 2.75) is 31.4 Å². The average Bonchev–Trinajstić information content (AvgIpc) is 3.41. The monoisotopic (exact) mass is 427 g/mol. The normalized spacial score (nSPS) is 20.9. The Morgan fingerprint density at radius 3 is 2.68 bits per heavy atom. The number of aromatic nitrogens is 4. The van der Waals surface area contributed by atoms with Gasteiger partial charge < -0.3 is 10.8 Å². The Kier molecular flexibility index (Phi) is 4.02. The number of nitrogens with two attached hydrogens (primary N) is 1. The Labute approximate surface area is 183 Å². The van der Waals surface area contributed by atoms with E-state index in [2.05, 4.69) is 57.9 Å². The predicted octanol–water partition coefficient (Wildman–Crippen LogP) is 4.29. The standard InChI is InChI=1S/C24H21N5OS/c1-14-9-21-26-13-16-10-19(20-3-2-8-31-20)22(27-23(16)29(21)28-14)15-4-6-17(7-5-15)24(25)11-18(30)12-24/h2-10,13,18,30H,11-12,25H2,1H3/t18-,24-. The van der Waals surface area contributed by atoms with E-state index >= 15 is 0 Å². The maximum atomic E-state index is 9.71. The minimum Gasteiger partial charge on any atom is -0.393 e. The first-order chi connectivity index (χ1) is 15.0. The smallest absolute Gasteiger partial charge is 0.165 e. The fraction of sp³-hybridized carbons (Fsp3) is 0.208. The van der Waals surface area contributed by atoms with E-state index in [1.54, 1.807) is 11.3 Å². The molecule has 31 heavy (non-hydrogen) atoms. The van der Waals surface area contributed by atoms with Crippen molar-refractivity contribution in [3.05, 3.63) is 71.4 Å². The molecule has 0 bridgehead atoms. The molecule has 1 fully saturated rings. The van der Waals surface area contributed by atoms with Crippen molar-refractivity contribution in [3.8, 4) is 21.7 Å². The largest absolute Gasteiger partial charge is 0.393 e. The van der Waals surface area contributed by atoms with Gasteiger partial charge in [0.15, 0.2) is 11.3 Å². The number of rotatable bonds is 3. The predicted molar refractivity (Wildman–Crippen MR) is 123 cm³/mol. The van der Waals surface area contributed by atoms with E-state index in [0.717, 1.165) is 49.6 Å². The molecule has 1 aromatic carbocycles. The molecule has 0 amide bonds. The molecular formula is C24H21N5OS. The van der Waals surface area contributed by atoms with Gasteiger partial charge in [-0.1, -0.05) is 30.3 Å². The van der Waals surface area contributed by atoms with Crippen LogP contribution in [0.2, 0.25) is 0 Å². The molecule has 0 unspecified atom stereocenters. The lowest BCUT2D eigenvalue weighted by Crippen LogP contribution is -2.51. The lowest BCUT2D eigenvalue weighted by atomic mass is 9.70. The van der Waals surface area contributed by atoms with Crippen molar-refractivity contribution in [3.63, 3.8) is 0 Å². The zero-order valence-electron chi connectivity index (χ0n) is 17.0. The number of hydrogen-bond donors (Lipinski definition) is 2. The van der Waals surface area contributed by atoms with E-state index < -0.39 is 5.54 Å². The Morgan fingerprint density at radius 2 is 1.97 bits per heavy atom. The lowest BCUT2D eigenvalue weighted by molar-refractivity contribution is 0.0209. The van der Waals surface area contributed by atoms with Crippen LogP contribution < -0.4 is 5.73 Å². The molecule has 0 radical (unpaired) electrons. The third-order valence-electron chi connectivity index (χ3n) is 6.10. The number of hydrogen-bond acceptors (Lipinski definition) is 6. The topological polar surface area (TPSA) is 89.3 Å². The second kappa shape index (κ2) is 6.68. The molecule has 3 N–H and O–H groups in total. The van der Waals surface area contributed by atoms with Crippen molar-refractivity contribution in [1.82, 2.24) is 19.6 Å². The maximum Gasteiger partial charge on any atom is 0.165 e. The average molecular weight is 428 g/mol. The van der Waals surface area contributed by atoms with Crippen molar-refractivity contribution < 1.29 is 5.11 Å². The SMILES string of the molecule is Cc1cc2ncc3cc(-c4cccs4)c(-c4ccc([C@]5(N)C[C@H](O)C5)cc4)nc3n2n1. The highest BCUT2D eigenvalue weighted by Gasteiger charge is 2.41. The van der Waals surface area contributed by atoms with Crippen LogP contribution in [0.3, 0.4) is 0 Å². The molecule has 4 heterocycles. The van der Waals surface area contributed by atoms with Crippen molar-refractivity contribution in [2.75, 3.05) is 0 Å². The number of nitrogens with zero attached hydrogens (tertiary/aromatic N) is 4. The quantitative estimate of drug-likeness (QED) is 0.448. The fourth-order valence-electron chi connectivity index (χ4n) is 4.47. The van der Waals surface area contributed by atoms with Gasteiger partial charge in [-0.15, -0.1) is 11.3 Å². The summed E-state index contributed by atoms with van der Waals surface area (Å²) in [6.07, 6.45) is 2.77. The van der Waals surface area contributed by atoms with Crippen LogP contribution in [0.4, 0.5) is 0 Å². The van der Waals surface area contributed by atoms with Crippen LogP contribution in [0.15, 0.2) is 60.1 Å². The van der Waals surface area contributed by atoms with E-state index in [1.807, 2.05) is 23.7 Å². The molecule has 4 aromatic heterocycles. The number of benzene rings is 1. The zero-order valence-corrected chi connectivity index (χ0v) is 17.8. The Balaban J connectivity index is 1.55. The highest BCUT2D eigenvalue weighted by Crippen LogP contribution is 2.41. The number of pyridine rings is 1.